The molecule has 14 heavy (non-hydrogen) atoms. The second-order valence-corrected chi connectivity index (χ2v) is 4.08. The summed E-state index contributed by atoms with van der Waals surface area (Å²) in [7, 11) is 0. The molecular weight excluding hydrogens is 259 g/mol. The third-order valence-electron chi connectivity index (χ3n) is 0.942. The number of alkyl halides is 1. The molecular formula is C8H8Cl2N2S2. The lowest BCUT2D eigenvalue weighted by Crippen LogP contribution is -1.61. The molecule has 2 nitrogen and oxygen atoms in total. The zero-order valence-electron chi connectivity index (χ0n) is 7.24. The van der Waals surface area contributed by atoms with Gasteiger partial charge < -0.3 is 0 Å². The molecule has 0 aliphatic carbocycles. The van der Waals surface area contributed by atoms with Crippen LogP contribution >= 0.6 is 46.8 Å². The van der Waals surface area contributed by atoms with Gasteiger partial charge in [0.05, 0.1) is 17.6 Å². The lowest BCUT2D eigenvalue weighted by atomic mass is 10.6. The van der Waals surface area contributed by atoms with Crippen LogP contribution in [0.1, 0.15) is 4.88 Å². The smallest absolute Gasteiger partial charge is 0.183 e. The Morgan fingerprint density at radius 3 is 2.71 bits per heavy atom. The predicted molar refractivity (Wildman–Crippen MR) is 66.8 cm³/mol. The van der Waals surface area contributed by atoms with Crippen molar-refractivity contribution in [3.05, 3.63) is 28.2 Å². The van der Waals surface area contributed by atoms with E-state index in [1.54, 1.807) is 12.3 Å². The van der Waals surface area contributed by atoms with Crippen LogP contribution in [0.5, 0.6) is 0 Å². The first-order chi connectivity index (χ1) is 6.74. The fourth-order valence-corrected chi connectivity index (χ4v) is 1.58. The molecule has 0 radical (unpaired) electrons. The Hall–Kier alpha value is -0.250. The Kier molecular flexibility index (Phi) is 9.14. The third-order valence-corrected chi connectivity index (χ3v) is 2.63. The molecule has 0 saturated carbocycles. The number of thiazole rings is 1. The first kappa shape index (κ1) is 13.8. The minimum atomic E-state index is 0.504. The topological polar surface area (TPSA) is 25.2 Å². The van der Waals surface area contributed by atoms with Crippen molar-refractivity contribution < 1.29 is 0 Å². The summed E-state index contributed by atoms with van der Waals surface area (Å²) in [5.74, 6) is 0.504. The van der Waals surface area contributed by atoms with E-state index in [0.29, 0.717) is 16.9 Å². The SMILES string of the molecule is C=CCN=C=S.ClCc1cnc(Cl)s1. The molecule has 0 atom stereocenters. The number of thiocarbonyl (C=S) groups is 1. The summed E-state index contributed by atoms with van der Waals surface area (Å²) in [6.45, 7) is 4.00. The van der Waals surface area contributed by atoms with Gasteiger partial charge in [-0.2, -0.15) is 0 Å². The number of aliphatic imine (C=N–C) groups is 1. The number of isothiocyanates is 1. The van der Waals surface area contributed by atoms with Gasteiger partial charge in [-0.3, -0.25) is 0 Å². The van der Waals surface area contributed by atoms with E-state index in [-0.39, 0.29) is 0 Å². The van der Waals surface area contributed by atoms with Crippen molar-refractivity contribution in [3.8, 4) is 0 Å². The highest BCUT2D eigenvalue weighted by Crippen LogP contribution is 2.18. The summed E-state index contributed by atoms with van der Waals surface area (Å²) >= 11 is 16.6. The van der Waals surface area contributed by atoms with Crippen LogP contribution in [0, 0.1) is 0 Å². The highest BCUT2D eigenvalue weighted by Gasteiger charge is 1.94. The van der Waals surface area contributed by atoms with Crippen LogP contribution in [-0.2, 0) is 5.88 Å². The van der Waals surface area contributed by atoms with Gasteiger partial charge in [0.15, 0.2) is 4.47 Å². The van der Waals surface area contributed by atoms with Gasteiger partial charge >= 0.3 is 0 Å². The maximum Gasteiger partial charge on any atom is 0.183 e. The van der Waals surface area contributed by atoms with Gasteiger partial charge in [-0.05, 0) is 12.2 Å². The minimum Gasteiger partial charge on any atom is -0.233 e. The fraction of sp³-hybridized carbons (Fsp3) is 0.250. The van der Waals surface area contributed by atoms with E-state index in [2.05, 4.69) is 33.9 Å². The van der Waals surface area contributed by atoms with E-state index in [0.717, 1.165) is 4.88 Å². The Balaban J connectivity index is 0.000000255. The van der Waals surface area contributed by atoms with Crippen LogP contribution in [0.4, 0.5) is 0 Å². The van der Waals surface area contributed by atoms with Crippen molar-refractivity contribution in [1.29, 1.82) is 0 Å². The summed E-state index contributed by atoms with van der Waals surface area (Å²) in [4.78, 5) is 8.33. The summed E-state index contributed by atoms with van der Waals surface area (Å²) in [5, 5.41) is 2.21. The van der Waals surface area contributed by atoms with Crippen LogP contribution in [0.2, 0.25) is 4.47 Å². The molecule has 76 valence electrons. The molecule has 0 fully saturated rings. The predicted octanol–water partition coefficient (Wildman–Crippen LogP) is 3.81. The van der Waals surface area contributed by atoms with Crippen molar-refractivity contribution in [3.63, 3.8) is 0 Å². The van der Waals surface area contributed by atoms with Crippen molar-refractivity contribution in [1.82, 2.24) is 4.98 Å². The Labute approximate surface area is 102 Å². The standard InChI is InChI=1S/C4H3Cl2NS.C4H5NS/c5-1-3-2-7-4(6)8-3;1-2-3-5-4-6/h2H,1H2;2H,1,3H2. The molecule has 0 amide bonds. The molecule has 0 aliphatic rings. The second-order valence-electron chi connectivity index (χ2n) is 1.93. The lowest BCUT2D eigenvalue weighted by Gasteiger charge is -1.75. The molecule has 1 heterocycles. The molecule has 0 spiro atoms. The zero-order valence-corrected chi connectivity index (χ0v) is 10.4. The van der Waals surface area contributed by atoms with Gasteiger partial charge in [0, 0.05) is 11.1 Å². The summed E-state index contributed by atoms with van der Waals surface area (Å²) < 4.78 is 0.556. The van der Waals surface area contributed by atoms with Gasteiger partial charge in [-0.15, -0.1) is 29.5 Å². The summed E-state index contributed by atoms with van der Waals surface area (Å²) in [6, 6.07) is 0. The summed E-state index contributed by atoms with van der Waals surface area (Å²) in [6.07, 6.45) is 3.35. The van der Waals surface area contributed by atoms with Crippen LogP contribution in [-0.4, -0.2) is 16.7 Å². The van der Waals surface area contributed by atoms with Crippen LogP contribution < -0.4 is 0 Å². The van der Waals surface area contributed by atoms with E-state index in [1.807, 2.05) is 0 Å². The van der Waals surface area contributed by atoms with Gasteiger partial charge in [-0.25, -0.2) is 9.98 Å². The molecule has 6 heteroatoms. The Morgan fingerprint density at radius 1 is 1.79 bits per heavy atom. The average molecular weight is 267 g/mol. The van der Waals surface area contributed by atoms with Crippen LogP contribution in [0.15, 0.2) is 23.8 Å². The van der Waals surface area contributed by atoms with Crippen LogP contribution in [0.3, 0.4) is 0 Å². The van der Waals surface area contributed by atoms with Crippen molar-refractivity contribution in [2.45, 2.75) is 5.88 Å². The molecule has 0 unspecified atom stereocenters. The van der Waals surface area contributed by atoms with Gasteiger partial charge in [0.25, 0.3) is 0 Å². The molecule has 0 saturated heterocycles. The van der Waals surface area contributed by atoms with E-state index in [4.69, 9.17) is 23.2 Å². The van der Waals surface area contributed by atoms with Gasteiger partial charge in [-0.1, -0.05) is 17.7 Å². The number of halogens is 2. The molecule has 0 bridgehead atoms. The third kappa shape index (κ3) is 7.18. The first-order valence-corrected chi connectivity index (χ1v) is 5.69. The quantitative estimate of drug-likeness (QED) is 0.360. The Morgan fingerprint density at radius 2 is 2.50 bits per heavy atom. The maximum atomic E-state index is 5.49. The molecule has 1 rings (SSSR count). The molecule has 1 aromatic heterocycles. The average Bonchev–Trinajstić information content (AvgIpc) is 2.62. The minimum absolute atomic E-state index is 0.504. The van der Waals surface area contributed by atoms with E-state index < -0.39 is 0 Å². The molecule has 1 aromatic rings. The molecule has 0 aromatic carbocycles. The van der Waals surface area contributed by atoms with E-state index >= 15 is 0 Å². The monoisotopic (exact) mass is 266 g/mol. The molecule has 0 aliphatic heterocycles. The van der Waals surface area contributed by atoms with Gasteiger partial charge in [0.2, 0.25) is 0 Å². The normalized spacial score (nSPS) is 8.14. The number of hydrogen-bond donors (Lipinski definition) is 0. The fourth-order valence-electron chi connectivity index (χ4n) is 0.447. The number of hydrogen-bond acceptors (Lipinski definition) is 4. The maximum absolute atomic E-state index is 5.49. The van der Waals surface area contributed by atoms with E-state index in [1.165, 1.54) is 11.3 Å². The van der Waals surface area contributed by atoms with Crippen LogP contribution in [0.25, 0.3) is 0 Å². The highest BCUT2D eigenvalue weighted by molar-refractivity contribution is 7.78. The van der Waals surface area contributed by atoms with Gasteiger partial charge in [0.1, 0.15) is 0 Å². The Bertz CT molecular complexity index is 319. The number of aromatic nitrogens is 1. The largest absolute Gasteiger partial charge is 0.233 e. The number of nitrogens with zero attached hydrogens (tertiary/aromatic N) is 2. The van der Waals surface area contributed by atoms with Crippen molar-refractivity contribution in [2.75, 3.05) is 6.54 Å². The van der Waals surface area contributed by atoms with Crippen molar-refractivity contribution in [2.24, 2.45) is 4.99 Å². The zero-order chi connectivity index (χ0) is 10.8. The summed E-state index contributed by atoms with van der Waals surface area (Å²) in [5.41, 5.74) is 0. The number of rotatable bonds is 3. The molecule has 0 N–H and O–H groups in total. The second kappa shape index (κ2) is 9.31. The lowest BCUT2D eigenvalue weighted by molar-refractivity contribution is 1.27. The van der Waals surface area contributed by atoms with E-state index in [9.17, 15) is 0 Å². The highest BCUT2D eigenvalue weighted by atomic mass is 35.5. The first-order valence-electron chi connectivity index (χ1n) is 3.55. The van der Waals surface area contributed by atoms with Crippen molar-refractivity contribution >= 4 is 51.9 Å².